The molecule has 1 atom stereocenters. The molecule has 0 bridgehead atoms. The van der Waals surface area contributed by atoms with E-state index in [9.17, 15) is 0 Å². The monoisotopic (exact) mass is 245 g/mol. The van der Waals surface area contributed by atoms with Gasteiger partial charge in [0.15, 0.2) is 0 Å². The highest BCUT2D eigenvalue weighted by molar-refractivity contribution is 6.67. The first-order valence-electron chi connectivity index (χ1n) is 6.57. The molecular weight excluding hydrogens is 218 g/mol. The molecule has 1 heterocycles. The largest absolute Gasteiger partial charge is 0.398 e. The number of hydrogen-bond donors (Lipinski definition) is 1. The predicted molar refractivity (Wildman–Crippen MR) is 69.9 cm³/mol. The topological polar surface area (TPSA) is 30.5 Å². The standard InChI is InChI=1S/C12H27NO2Si/c1-4-16(14-2,15-3)10-6-8-12-7-5-9-13-11-12/h12-13H,4-11H2,1-3H3. The Kier molecular flexibility index (Phi) is 6.57. The van der Waals surface area contributed by atoms with Gasteiger partial charge in [0.1, 0.15) is 0 Å². The molecule has 0 amide bonds. The Bertz CT molecular complexity index is 172. The summed E-state index contributed by atoms with van der Waals surface area (Å²) in [6.45, 7) is 4.60. The van der Waals surface area contributed by atoms with E-state index in [0.717, 1.165) is 18.0 Å². The van der Waals surface area contributed by atoms with Crippen LogP contribution in [0.15, 0.2) is 0 Å². The molecule has 96 valence electrons. The van der Waals surface area contributed by atoms with E-state index in [1.807, 2.05) is 0 Å². The highest BCUT2D eigenvalue weighted by Gasteiger charge is 2.32. The fourth-order valence-electron chi connectivity index (χ4n) is 2.58. The average molecular weight is 245 g/mol. The molecular formula is C12H27NO2Si. The summed E-state index contributed by atoms with van der Waals surface area (Å²) in [5.41, 5.74) is 0. The lowest BCUT2D eigenvalue weighted by Crippen LogP contribution is -2.39. The molecule has 0 aromatic carbocycles. The highest BCUT2D eigenvalue weighted by atomic mass is 28.4. The van der Waals surface area contributed by atoms with Crippen LogP contribution < -0.4 is 5.32 Å². The van der Waals surface area contributed by atoms with Crippen LogP contribution in [0, 0.1) is 5.92 Å². The van der Waals surface area contributed by atoms with Crippen molar-refractivity contribution in [3.8, 4) is 0 Å². The van der Waals surface area contributed by atoms with Gasteiger partial charge in [0.2, 0.25) is 0 Å². The zero-order chi connectivity index (χ0) is 11.9. The molecule has 4 heteroatoms. The van der Waals surface area contributed by atoms with Crippen LogP contribution in [-0.4, -0.2) is 35.9 Å². The summed E-state index contributed by atoms with van der Waals surface area (Å²) in [6, 6.07) is 2.20. The van der Waals surface area contributed by atoms with E-state index in [2.05, 4.69) is 12.2 Å². The fourth-order valence-corrected chi connectivity index (χ4v) is 4.83. The number of nitrogens with one attached hydrogen (secondary N) is 1. The quantitative estimate of drug-likeness (QED) is 0.699. The van der Waals surface area contributed by atoms with Gasteiger partial charge < -0.3 is 14.2 Å². The number of hydrogen-bond acceptors (Lipinski definition) is 3. The maximum atomic E-state index is 5.63. The van der Waals surface area contributed by atoms with E-state index in [0.29, 0.717) is 0 Å². The molecule has 0 aromatic heterocycles. The Hall–Kier alpha value is 0.0969. The van der Waals surface area contributed by atoms with Gasteiger partial charge in [-0.15, -0.1) is 0 Å². The molecule has 0 aliphatic carbocycles. The summed E-state index contributed by atoms with van der Waals surface area (Å²) in [6.07, 6.45) is 5.33. The third-order valence-electron chi connectivity index (χ3n) is 3.85. The van der Waals surface area contributed by atoms with E-state index in [4.69, 9.17) is 8.85 Å². The highest BCUT2D eigenvalue weighted by Crippen LogP contribution is 2.24. The molecule has 1 N–H and O–H groups in total. The molecule has 16 heavy (non-hydrogen) atoms. The molecule has 3 nitrogen and oxygen atoms in total. The summed E-state index contributed by atoms with van der Waals surface area (Å²) >= 11 is 0. The minimum absolute atomic E-state index is 0.881. The molecule has 0 saturated carbocycles. The molecule has 1 rings (SSSR count). The van der Waals surface area contributed by atoms with Crippen LogP contribution in [0.3, 0.4) is 0 Å². The van der Waals surface area contributed by atoms with E-state index in [-0.39, 0.29) is 0 Å². The van der Waals surface area contributed by atoms with E-state index < -0.39 is 8.56 Å². The molecule has 1 fully saturated rings. The van der Waals surface area contributed by atoms with Crippen molar-refractivity contribution in [2.24, 2.45) is 5.92 Å². The van der Waals surface area contributed by atoms with Crippen molar-refractivity contribution >= 4 is 8.56 Å². The number of piperidine rings is 1. The van der Waals surface area contributed by atoms with Crippen molar-refractivity contribution in [3.63, 3.8) is 0 Å². The average Bonchev–Trinajstić information content (AvgIpc) is 2.37. The lowest BCUT2D eigenvalue weighted by Gasteiger charge is -2.28. The van der Waals surface area contributed by atoms with Gasteiger partial charge in [-0.25, -0.2) is 0 Å². The summed E-state index contributed by atoms with van der Waals surface area (Å²) < 4.78 is 11.3. The normalized spacial score (nSPS) is 22.3. The zero-order valence-corrected chi connectivity index (χ0v) is 12.1. The van der Waals surface area contributed by atoms with Crippen LogP contribution in [0.5, 0.6) is 0 Å². The van der Waals surface area contributed by atoms with Gasteiger partial charge in [-0.2, -0.15) is 0 Å². The van der Waals surface area contributed by atoms with Crippen molar-refractivity contribution in [1.29, 1.82) is 0 Å². The molecule has 1 saturated heterocycles. The van der Waals surface area contributed by atoms with Gasteiger partial charge >= 0.3 is 8.56 Å². The Morgan fingerprint density at radius 3 is 2.56 bits per heavy atom. The minimum atomic E-state index is -1.82. The van der Waals surface area contributed by atoms with Crippen LogP contribution in [0.25, 0.3) is 0 Å². The second kappa shape index (κ2) is 7.43. The van der Waals surface area contributed by atoms with Gasteiger partial charge in [-0.3, -0.25) is 0 Å². The van der Waals surface area contributed by atoms with Crippen molar-refractivity contribution in [1.82, 2.24) is 5.32 Å². The lowest BCUT2D eigenvalue weighted by molar-refractivity contribution is 0.239. The van der Waals surface area contributed by atoms with Gasteiger partial charge in [0.05, 0.1) is 0 Å². The SMILES string of the molecule is CC[Si](CCCC1CCCNC1)(OC)OC. The second-order valence-electron chi connectivity index (χ2n) is 4.78. The Labute approximate surface area is 101 Å². The first-order chi connectivity index (χ1) is 7.76. The molecule has 0 spiro atoms. The van der Waals surface area contributed by atoms with Crippen molar-refractivity contribution in [2.45, 2.75) is 44.7 Å². The van der Waals surface area contributed by atoms with Crippen molar-refractivity contribution in [3.05, 3.63) is 0 Å². The number of rotatable bonds is 7. The molecule has 1 aliphatic heterocycles. The van der Waals surface area contributed by atoms with Crippen LogP contribution in [0.1, 0.15) is 32.6 Å². The lowest BCUT2D eigenvalue weighted by atomic mass is 9.95. The van der Waals surface area contributed by atoms with Crippen LogP contribution in [-0.2, 0) is 8.85 Å². The Balaban J connectivity index is 2.21. The maximum Gasteiger partial charge on any atom is 0.337 e. The van der Waals surface area contributed by atoms with E-state index >= 15 is 0 Å². The first-order valence-corrected chi connectivity index (χ1v) is 8.80. The third kappa shape index (κ3) is 4.16. The summed E-state index contributed by atoms with van der Waals surface area (Å²) in [5, 5.41) is 3.47. The van der Waals surface area contributed by atoms with Crippen LogP contribution in [0.4, 0.5) is 0 Å². The summed E-state index contributed by atoms with van der Waals surface area (Å²) in [7, 11) is 1.79. The Morgan fingerprint density at radius 2 is 2.06 bits per heavy atom. The zero-order valence-electron chi connectivity index (χ0n) is 11.1. The van der Waals surface area contributed by atoms with Gasteiger partial charge in [-0.1, -0.05) is 13.3 Å². The molecule has 0 radical (unpaired) electrons. The van der Waals surface area contributed by atoms with Crippen LogP contribution in [0.2, 0.25) is 12.1 Å². The third-order valence-corrected chi connectivity index (χ3v) is 7.53. The second-order valence-corrected chi connectivity index (χ2v) is 8.62. The van der Waals surface area contributed by atoms with Crippen molar-refractivity contribution < 1.29 is 8.85 Å². The first kappa shape index (κ1) is 14.2. The van der Waals surface area contributed by atoms with Gasteiger partial charge in [-0.05, 0) is 50.4 Å². The van der Waals surface area contributed by atoms with E-state index in [1.165, 1.54) is 38.8 Å². The van der Waals surface area contributed by atoms with Crippen molar-refractivity contribution in [2.75, 3.05) is 27.3 Å². The fraction of sp³-hybridized carbons (Fsp3) is 1.00. The molecule has 0 aromatic rings. The maximum absolute atomic E-state index is 5.63. The molecule has 1 aliphatic rings. The minimum Gasteiger partial charge on any atom is -0.398 e. The van der Waals surface area contributed by atoms with Crippen LogP contribution >= 0.6 is 0 Å². The smallest absolute Gasteiger partial charge is 0.337 e. The summed E-state index contributed by atoms with van der Waals surface area (Å²) in [4.78, 5) is 0. The Morgan fingerprint density at radius 1 is 1.31 bits per heavy atom. The van der Waals surface area contributed by atoms with Gasteiger partial charge in [0.25, 0.3) is 0 Å². The van der Waals surface area contributed by atoms with Gasteiger partial charge in [0, 0.05) is 14.2 Å². The molecule has 1 unspecified atom stereocenters. The summed E-state index contributed by atoms with van der Waals surface area (Å²) in [5.74, 6) is 0.881. The van der Waals surface area contributed by atoms with E-state index in [1.54, 1.807) is 14.2 Å². The predicted octanol–water partition coefficient (Wildman–Crippen LogP) is 2.52.